The first-order valence-corrected chi connectivity index (χ1v) is 10.9. The maximum Gasteiger partial charge on any atom is 0.220 e. The third-order valence-corrected chi connectivity index (χ3v) is 5.61. The Morgan fingerprint density at radius 2 is 2.07 bits per heavy atom. The maximum atomic E-state index is 11.2. The molecule has 1 heterocycles. The van der Waals surface area contributed by atoms with Crippen LogP contribution in [0.2, 0.25) is 0 Å². The Hall–Kier alpha value is -1.56. The number of rotatable bonds is 10. The zero-order valence-electron chi connectivity index (χ0n) is 17.1. The van der Waals surface area contributed by atoms with Gasteiger partial charge in [-0.3, -0.25) is 9.79 Å². The Kier molecular flexibility index (Phi) is 10.3. The molecule has 6 heteroatoms. The van der Waals surface area contributed by atoms with Crippen molar-refractivity contribution in [3.63, 3.8) is 0 Å². The molecular formula is C21H39N5O. The Labute approximate surface area is 165 Å². The lowest BCUT2D eigenvalue weighted by Gasteiger charge is -2.30. The second-order valence-electron chi connectivity index (χ2n) is 7.77. The summed E-state index contributed by atoms with van der Waals surface area (Å²) in [5.74, 6) is 0.896. The van der Waals surface area contributed by atoms with Gasteiger partial charge >= 0.3 is 0 Å². The molecule has 154 valence electrons. The fourth-order valence-electron chi connectivity index (χ4n) is 3.89. The van der Waals surface area contributed by atoms with Gasteiger partial charge in [-0.2, -0.15) is 0 Å². The minimum Gasteiger partial charge on any atom is -0.369 e. The summed E-state index contributed by atoms with van der Waals surface area (Å²) < 4.78 is 0. The highest BCUT2D eigenvalue weighted by Gasteiger charge is 2.22. The Bertz CT molecular complexity index is 495. The second-order valence-corrected chi connectivity index (χ2v) is 7.77. The predicted molar refractivity (Wildman–Crippen MR) is 113 cm³/mol. The van der Waals surface area contributed by atoms with Crippen LogP contribution in [0.5, 0.6) is 0 Å². The number of guanidine groups is 1. The normalized spacial score (nSPS) is 19.6. The summed E-state index contributed by atoms with van der Waals surface area (Å²) in [5.41, 5.74) is 7.00. The van der Waals surface area contributed by atoms with Crippen LogP contribution in [0.25, 0.3) is 0 Å². The van der Waals surface area contributed by atoms with Crippen molar-refractivity contribution >= 4 is 11.9 Å². The number of nitrogens with two attached hydrogens (primary N) is 1. The molecule has 1 aliphatic heterocycles. The number of unbranched alkanes of at least 4 members (excludes halogenated alkanes) is 1. The molecule has 2 rings (SSSR count). The smallest absolute Gasteiger partial charge is 0.220 e. The van der Waals surface area contributed by atoms with E-state index < -0.39 is 0 Å². The molecule has 2 aliphatic rings. The van der Waals surface area contributed by atoms with E-state index in [1.165, 1.54) is 25.7 Å². The average Bonchev–Trinajstić information content (AvgIpc) is 2.69. The Morgan fingerprint density at radius 3 is 2.74 bits per heavy atom. The largest absolute Gasteiger partial charge is 0.369 e. The van der Waals surface area contributed by atoms with Crippen LogP contribution < -0.4 is 16.4 Å². The van der Waals surface area contributed by atoms with Crippen LogP contribution in [0.1, 0.15) is 64.7 Å². The van der Waals surface area contributed by atoms with Crippen LogP contribution in [0.3, 0.4) is 0 Å². The van der Waals surface area contributed by atoms with Crippen molar-refractivity contribution in [3.8, 4) is 0 Å². The van der Waals surface area contributed by atoms with Gasteiger partial charge in [0, 0.05) is 25.6 Å². The number of carbonyl (C=O) groups is 1. The number of primary amides is 1. The summed E-state index contributed by atoms with van der Waals surface area (Å²) in [7, 11) is 0. The molecule has 0 radical (unpaired) electrons. The van der Waals surface area contributed by atoms with Crippen molar-refractivity contribution in [1.82, 2.24) is 15.5 Å². The number of nitrogens with zero attached hydrogens (tertiary/aromatic N) is 2. The summed E-state index contributed by atoms with van der Waals surface area (Å²) in [5, 5.41) is 6.81. The number of carbonyl (C=O) groups excluding carboxylic acids is 1. The molecule has 0 atom stereocenters. The first-order valence-electron chi connectivity index (χ1n) is 10.9. The van der Waals surface area contributed by atoms with E-state index >= 15 is 0 Å². The molecule has 0 aromatic heterocycles. The summed E-state index contributed by atoms with van der Waals surface area (Å²) in [4.78, 5) is 18.4. The molecule has 27 heavy (non-hydrogen) atoms. The Morgan fingerprint density at radius 1 is 1.26 bits per heavy atom. The molecule has 1 fully saturated rings. The van der Waals surface area contributed by atoms with Crippen LogP contribution in [-0.2, 0) is 4.79 Å². The third-order valence-electron chi connectivity index (χ3n) is 5.61. The van der Waals surface area contributed by atoms with Crippen LogP contribution in [-0.4, -0.2) is 56.0 Å². The summed E-state index contributed by atoms with van der Waals surface area (Å²) in [6.45, 7) is 7.91. The van der Waals surface area contributed by atoms with Gasteiger partial charge in [0.2, 0.25) is 5.91 Å². The van der Waals surface area contributed by atoms with Crippen molar-refractivity contribution in [2.75, 3.05) is 39.3 Å². The van der Waals surface area contributed by atoms with Crippen molar-refractivity contribution in [1.29, 1.82) is 0 Å². The average molecular weight is 378 g/mol. The van der Waals surface area contributed by atoms with Gasteiger partial charge in [0.1, 0.15) is 0 Å². The second kappa shape index (κ2) is 12.8. The van der Waals surface area contributed by atoms with Crippen molar-refractivity contribution in [2.45, 2.75) is 64.7 Å². The molecule has 4 N–H and O–H groups in total. The molecule has 0 saturated carbocycles. The third kappa shape index (κ3) is 8.78. The first kappa shape index (κ1) is 21.7. The van der Waals surface area contributed by atoms with E-state index in [-0.39, 0.29) is 11.8 Å². The van der Waals surface area contributed by atoms with Gasteiger partial charge in [-0.1, -0.05) is 11.6 Å². The quantitative estimate of drug-likeness (QED) is 0.236. The molecule has 1 amide bonds. The number of allylic oxidation sites excluding steroid dienone is 1. The lowest BCUT2D eigenvalue weighted by atomic mass is 9.96. The van der Waals surface area contributed by atoms with Crippen LogP contribution in [0, 0.1) is 5.92 Å². The van der Waals surface area contributed by atoms with Crippen LogP contribution in [0.15, 0.2) is 16.6 Å². The highest BCUT2D eigenvalue weighted by atomic mass is 16.1. The lowest BCUT2D eigenvalue weighted by Crippen LogP contribution is -2.39. The minimum atomic E-state index is -0.132. The molecule has 0 unspecified atom stereocenters. The fourth-order valence-corrected chi connectivity index (χ4v) is 3.89. The SMILES string of the molecule is CCNC(=NCCCCN1CCC(C(N)=O)CC1)NCCC1=CCCCC1. The van der Waals surface area contributed by atoms with Gasteiger partial charge in [0.15, 0.2) is 5.96 Å². The number of aliphatic imine (C=N–C) groups is 1. The number of hydrogen-bond acceptors (Lipinski definition) is 3. The van der Waals surface area contributed by atoms with Gasteiger partial charge in [-0.25, -0.2) is 0 Å². The first-order chi connectivity index (χ1) is 13.2. The van der Waals surface area contributed by atoms with Crippen molar-refractivity contribution in [3.05, 3.63) is 11.6 Å². The highest BCUT2D eigenvalue weighted by Crippen LogP contribution is 2.19. The molecular weight excluding hydrogens is 338 g/mol. The molecule has 0 spiro atoms. The van der Waals surface area contributed by atoms with E-state index in [0.717, 1.165) is 77.3 Å². The van der Waals surface area contributed by atoms with E-state index in [1.54, 1.807) is 5.57 Å². The zero-order valence-corrected chi connectivity index (χ0v) is 17.1. The van der Waals surface area contributed by atoms with Crippen molar-refractivity contribution in [2.24, 2.45) is 16.6 Å². The predicted octanol–water partition coefficient (Wildman–Crippen LogP) is 2.41. The topological polar surface area (TPSA) is 82.8 Å². The Balaban J connectivity index is 1.57. The molecule has 1 aliphatic carbocycles. The summed E-state index contributed by atoms with van der Waals surface area (Å²) in [6.07, 6.45) is 12.8. The van der Waals surface area contributed by atoms with Crippen LogP contribution in [0.4, 0.5) is 0 Å². The lowest BCUT2D eigenvalue weighted by molar-refractivity contribution is -0.123. The summed E-state index contributed by atoms with van der Waals surface area (Å²) >= 11 is 0. The number of nitrogens with one attached hydrogen (secondary N) is 2. The standard InChI is InChI=1S/C21H39N5O/c1-2-23-21(25-14-10-18-8-4-3-5-9-18)24-13-6-7-15-26-16-11-19(12-17-26)20(22)27/h8,19H,2-7,9-17H2,1H3,(H2,22,27)(H2,23,24,25). The minimum absolute atomic E-state index is 0.0870. The van der Waals surface area contributed by atoms with Gasteiger partial charge in [-0.15, -0.1) is 0 Å². The van der Waals surface area contributed by atoms with Gasteiger partial charge < -0.3 is 21.3 Å². The van der Waals surface area contributed by atoms with Gasteiger partial charge in [0.05, 0.1) is 0 Å². The van der Waals surface area contributed by atoms with E-state index in [4.69, 9.17) is 10.7 Å². The number of piperidine rings is 1. The number of hydrogen-bond donors (Lipinski definition) is 3. The molecule has 0 bridgehead atoms. The van der Waals surface area contributed by atoms with Crippen LogP contribution >= 0.6 is 0 Å². The van der Waals surface area contributed by atoms with E-state index in [1.807, 2.05) is 0 Å². The molecule has 1 saturated heterocycles. The molecule has 0 aromatic carbocycles. The molecule has 6 nitrogen and oxygen atoms in total. The fraction of sp³-hybridized carbons (Fsp3) is 0.810. The maximum absolute atomic E-state index is 11.2. The van der Waals surface area contributed by atoms with Gasteiger partial charge in [0.25, 0.3) is 0 Å². The van der Waals surface area contributed by atoms with E-state index in [9.17, 15) is 4.79 Å². The monoisotopic (exact) mass is 377 g/mol. The number of likely N-dealkylation sites (tertiary alicyclic amines) is 1. The highest BCUT2D eigenvalue weighted by molar-refractivity contribution is 5.79. The number of amides is 1. The van der Waals surface area contributed by atoms with Gasteiger partial charge in [-0.05, 0) is 84.3 Å². The van der Waals surface area contributed by atoms with E-state index in [2.05, 4.69) is 28.5 Å². The summed E-state index contributed by atoms with van der Waals surface area (Å²) in [6, 6.07) is 0. The van der Waals surface area contributed by atoms with Crippen molar-refractivity contribution < 1.29 is 4.79 Å². The van der Waals surface area contributed by atoms with E-state index in [0.29, 0.717) is 0 Å². The zero-order chi connectivity index (χ0) is 19.3. The molecule has 0 aromatic rings.